The van der Waals surface area contributed by atoms with Gasteiger partial charge in [0.1, 0.15) is 9.84 Å². The first kappa shape index (κ1) is 18.1. The Morgan fingerprint density at radius 3 is 2.57 bits per heavy atom. The van der Waals surface area contributed by atoms with Gasteiger partial charge in [0.25, 0.3) is 0 Å². The molecule has 118 valence electrons. The smallest absolute Gasteiger partial charge is 0.212 e. The summed E-state index contributed by atoms with van der Waals surface area (Å²) < 4.78 is 47.6. The van der Waals surface area contributed by atoms with Crippen LogP contribution in [0.1, 0.15) is 16.2 Å². The number of sulfonamides is 1. The Kier molecular flexibility index (Phi) is 6.83. The van der Waals surface area contributed by atoms with E-state index in [1.807, 2.05) is 0 Å². The lowest BCUT2D eigenvalue weighted by Crippen LogP contribution is -2.28. The molecule has 0 atom stereocenters. The van der Waals surface area contributed by atoms with E-state index in [2.05, 4.69) is 16.6 Å². The van der Waals surface area contributed by atoms with Gasteiger partial charge in [0, 0.05) is 24.1 Å². The van der Waals surface area contributed by atoms with Gasteiger partial charge in [-0.25, -0.2) is 21.6 Å². The minimum atomic E-state index is -3.62. The fourth-order valence-corrected chi connectivity index (χ4v) is 4.78. The highest BCUT2D eigenvalue weighted by molar-refractivity contribution is 7.93. The van der Waals surface area contributed by atoms with Gasteiger partial charge in [-0.2, -0.15) is 0 Å². The van der Waals surface area contributed by atoms with Gasteiger partial charge in [0.05, 0.1) is 23.0 Å². The topological polar surface area (TPSA) is 101 Å². The molecule has 1 rings (SSSR count). The summed E-state index contributed by atoms with van der Waals surface area (Å²) in [5.74, 6) is 4.80. The van der Waals surface area contributed by atoms with Crippen LogP contribution in [0.3, 0.4) is 0 Å². The highest BCUT2D eigenvalue weighted by atomic mass is 32.2. The minimum absolute atomic E-state index is 0.00533. The molecular weight excluding hydrogens is 334 g/mol. The number of aliphatic hydroxyl groups is 1. The van der Waals surface area contributed by atoms with Crippen molar-refractivity contribution >= 4 is 31.2 Å². The molecule has 6 nitrogen and oxygen atoms in total. The molecule has 0 bridgehead atoms. The summed E-state index contributed by atoms with van der Waals surface area (Å²) in [6.45, 7) is 0.115. The first-order valence-electron chi connectivity index (χ1n) is 6.05. The van der Waals surface area contributed by atoms with Crippen LogP contribution < -0.4 is 4.72 Å². The SMILES string of the molecule is CS(=O)(=O)CCS(=O)(=O)NCc1ccc(C#CCCO)s1. The minimum Gasteiger partial charge on any atom is -0.395 e. The molecule has 0 aliphatic carbocycles. The summed E-state index contributed by atoms with van der Waals surface area (Å²) in [7, 11) is -6.92. The average Bonchev–Trinajstić information content (AvgIpc) is 2.82. The molecule has 1 heterocycles. The van der Waals surface area contributed by atoms with Crippen molar-refractivity contribution in [1.82, 2.24) is 4.72 Å². The Hall–Kier alpha value is -0.920. The molecule has 0 saturated heterocycles. The molecular formula is C12H17NO5S3. The largest absolute Gasteiger partial charge is 0.395 e. The standard InChI is InChI=1S/C12H17NO5S3/c1-20(15,16)8-9-21(17,18)13-10-12-6-5-11(19-12)4-2-3-7-14/h5-6,13-14H,3,7-10H2,1H3. The van der Waals surface area contributed by atoms with Crippen LogP contribution in [0.5, 0.6) is 0 Å². The van der Waals surface area contributed by atoms with Gasteiger partial charge >= 0.3 is 0 Å². The van der Waals surface area contributed by atoms with E-state index in [4.69, 9.17) is 5.11 Å². The summed E-state index contributed by atoms with van der Waals surface area (Å²) in [5.41, 5.74) is 0. The molecule has 0 aromatic carbocycles. The third-order valence-corrected chi connectivity index (χ3v) is 5.83. The second-order valence-electron chi connectivity index (χ2n) is 4.31. The van der Waals surface area contributed by atoms with Crippen molar-refractivity contribution in [2.75, 3.05) is 24.4 Å². The van der Waals surface area contributed by atoms with Gasteiger partial charge in [-0.05, 0) is 12.1 Å². The van der Waals surface area contributed by atoms with E-state index in [0.29, 0.717) is 6.42 Å². The van der Waals surface area contributed by atoms with Gasteiger partial charge in [-0.1, -0.05) is 11.8 Å². The van der Waals surface area contributed by atoms with Gasteiger partial charge < -0.3 is 5.11 Å². The second-order valence-corrected chi connectivity index (χ2v) is 9.67. The van der Waals surface area contributed by atoms with Crippen LogP contribution in [0.25, 0.3) is 0 Å². The fourth-order valence-electron chi connectivity index (χ4n) is 1.26. The van der Waals surface area contributed by atoms with E-state index in [9.17, 15) is 16.8 Å². The fraction of sp³-hybridized carbons (Fsp3) is 0.500. The quantitative estimate of drug-likeness (QED) is 0.671. The highest BCUT2D eigenvalue weighted by Gasteiger charge is 2.14. The lowest BCUT2D eigenvalue weighted by Gasteiger charge is -2.04. The van der Waals surface area contributed by atoms with Crippen LogP contribution in [-0.2, 0) is 26.4 Å². The first-order chi connectivity index (χ1) is 9.72. The van der Waals surface area contributed by atoms with Crippen molar-refractivity contribution in [3.63, 3.8) is 0 Å². The summed E-state index contributed by atoms with van der Waals surface area (Å²) in [5, 5.41) is 8.61. The number of thiophene rings is 1. The van der Waals surface area contributed by atoms with Crippen molar-refractivity contribution in [2.24, 2.45) is 0 Å². The number of nitrogens with one attached hydrogen (secondary N) is 1. The van der Waals surface area contributed by atoms with E-state index >= 15 is 0 Å². The van der Waals surface area contributed by atoms with Crippen LogP contribution in [0.4, 0.5) is 0 Å². The van der Waals surface area contributed by atoms with E-state index in [-0.39, 0.29) is 13.2 Å². The number of hydrogen-bond donors (Lipinski definition) is 2. The van der Waals surface area contributed by atoms with Crippen LogP contribution >= 0.6 is 11.3 Å². The highest BCUT2D eigenvalue weighted by Crippen LogP contribution is 2.15. The molecule has 2 N–H and O–H groups in total. The van der Waals surface area contributed by atoms with Gasteiger partial charge in [-0.15, -0.1) is 11.3 Å². The number of aliphatic hydroxyl groups excluding tert-OH is 1. The molecule has 1 aromatic heterocycles. The zero-order valence-electron chi connectivity index (χ0n) is 11.5. The van der Waals surface area contributed by atoms with Crippen LogP contribution in [0, 0.1) is 11.8 Å². The Morgan fingerprint density at radius 2 is 1.95 bits per heavy atom. The van der Waals surface area contributed by atoms with Gasteiger partial charge in [0.2, 0.25) is 10.0 Å². The van der Waals surface area contributed by atoms with Crippen LogP contribution in [0.2, 0.25) is 0 Å². The summed E-state index contributed by atoms with van der Waals surface area (Å²) in [6, 6.07) is 3.53. The molecule has 0 fully saturated rings. The monoisotopic (exact) mass is 351 g/mol. The van der Waals surface area contributed by atoms with Crippen molar-refractivity contribution < 1.29 is 21.9 Å². The van der Waals surface area contributed by atoms with E-state index in [1.165, 1.54) is 11.3 Å². The molecule has 0 spiro atoms. The summed E-state index contributed by atoms with van der Waals surface area (Å²) in [4.78, 5) is 1.57. The number of hydrogen-bond acceptors (Lipinski definition) is 6. The summed E-state index contributed by atoms with van der Waals surface area (Å²) >= 11 is 1.35. The molecule has 0 radical (unpaired) electrons. The van der Waals surface area contributed by atoms with Gasteiger partial charge in [0.15, 0.2) is 0 Å². The van der Waals surface area contributed by atoms with Crippen molar-refractivity contribution in [3.05, 3.63) is 21.9 Å². The average molecular weight is 351 g/mol. The van der Waals surface area contributed by atoms with Crippen molar-refractivity contribution in [3.8, 4) is 11.8 Å². The molecule has 0 aliphatic rings. The third kappa shape index (κ3) is 8.18. The first-order valence-corrected chi connectivity index (χ1v) is 10.6. The summed E-state index contributed by atoms with van der Waals surface area (Å²) in [6.07, 6.45) is 1.39. The van der Waals surface area contributed by atoms with Gasteiger partial charge in [-0.3, -0.25) is 0 Å². The Morgan fingerprint density at radius 1 is 1.24 bits per heavy atom. The van der Waals surface area contributed by atoms with Crippen molar-refractivity contribution in [2.45, 2.75) is 13.0 Å². The van der Waals surface area contributed by atoms with Crippen LogP contribution in [-0.4, -0.2) is 46.3 Å². The normalized spacial score (nSPS) is 11.9. The second kappa shape index (κ2) is 7.91. The predicted molar refractivity (Wildman–Crippen MR) is 83.2 cm³/mol. The Labute approximate surface area is 129 Å². The molecule has 0 unspecified atom stereocenters. The van der Waals surface area contributed by atoms with Crippen LogP contribution in [0.15, 0.2) is 12.1 Å². The zero-order valence-corrected chi connectivity index (χ0v) is 13.9. The molecule has 9 heteroatoms. The predicted octanol–water partition coefficient (Wildman–Crippen LogP) is -0.0540. The maximum absolute atomic E-state index is 11.6. The molecule has 0 saturated carbocycles. The van der Waals surface area contributed by atoms with E-state index < -0.39 is 31.4 Å². The number of sulfone groups is 1. The van der Waals surface area contributed by atoms with E-state index in [0.717, 1.165) is 16.0 Å². The zero-order chi connectivity index (χ0) is 15.9. The van der Waals surface area contributed by atoms with E-state index in [1.54, 1.807) is 12.1 Å². The molecule has 21 heavy (non-hydrogen) atoms. The Balaban J connectivity index is 2.54. The molecule has 1 aromatic rings. The van der Waals surface area contributed by atoms with Crippen molar-refractivity contribution in [1.29, 1.82) is 0 Å². The lowest BCUT2D eigenvalue weighted by molar-refractivity contribution is 0.305. The lowest BCUT2D eigenvalue weighted by atomic mass is 10.4. The maximum atomic E-state index is 11.6. The molecule has 0 aliphatic heterocycles. The third-order valence-electron chi connectivity index (χ3n) is 2.30. The maximum Gasteiger partial charge on any atom is 0.212 e. The Bertz CT molecular complexity index is 722. The number of rotatable bonds is 7. The molecule has 0 amide bonds.